The van der Waals surface area contributed by atoms with Crippen molar-refractivity contribution in [2.45, 2.75) is 51.4 Å². The lowest BCUT2D eigenvalue weighted by Crippen LogP contribution is -2.44. The summed E-state index contributed by atoms with van der Waals surface area (Å²) in [6.07, 6.45) is 1.62. The van der Waals surface area contributed by atoms with E-state index in [2.05, 4.69) is 36.0 Å². The Labute approximate surface area is 125 Å². The average molecular weight is 296 g/mol. The number of thiophene rings is 1. The fourth-order valence-corrected chi connectivity index (χ4v) is 3.32. The highest BCUT2D eigenvalue weighted by Gasteiger charge is 2.48. The molecule has 1 aliphatic rings. The van der Waals surface area contributed by atoms with E-state index in [9.17, 15) is 4.79 Å². The summed E-state index contributed by atoms with van der Waals surface area (Å²) in [5.74, 6) is 0.194. The third-order valence-electron chi connectivity index (χ3n) is 4.22. The first-order valence-electron chi connectivity index (χ1n) is 7.15. The van der Waals surface area contributed by atoms with Gasteiger partial charge in [-0.05, 0) is 49.1 Å². The highest BCUT2D eigenvalue weighted by atomic mass is 32.1. The predicted octanol–water partition coefficient (Wildman–Crippen LogP) is 2.77. The molecule has 112 valence electrons. The van der Waals surface area contributed by atoms with Crippen molar-refractivity contribution in [3.05, 3.63) is 22.4 Å². The summed E-state index contributed by atoms with van der Waals surface area (Å²) in [7, 11) is 1.70. The van der Waals surface area contributed by atoms with Crippen LogP contribution in [0, 0.1) is 0 Å². The van der Waals surface area contributed by atoms with E-state index in [1.807, 2.05) is 11.8 Å². The van der Waals surface area contributed by atoms with Crippen LogP contribution in [0.1, 0.15) is 45.3 Å². The Morgan fingerprint density at radius 2 is 2.35 bits per heavy atom. The smallest absolute Gasteiger partial charge is 0.244 e. The monoisotopic (exact) mass is 296 g/mol. The maximum Gasteiger partial charge on any atom is 0.244 e. The molecule has 20 heavy (non-hydrogen) atoms. The van der Waals surface area contributed by atoms with Crippen LogP contribution in [0.4, 0.5) is 0 Å². The fraction of sp³-hybridized carbons (Fsp3) is 0.667. The normalized spacial score (nSPS) is 28.1. The molecule has 4 nitrogen and oxygen atoms in total. The van der Waals surface area contributed by atoms with Crippen LogP contribution in [0.25, 0.3) is 0 Å². The summed E-state index contributed by atoms with van der Waals surface area (Å²) in [5.41, 5.74) is 0.707. The van der Waals surface area contributed by atoms with Crippen LogP contribution >= 0.6 is 11.3 Å². The molecule has 0 aromatic carbocycles. The standard InChI is InChI=1S/C15H24N2O2S/c1-5-15(3)14(18)17(11(2)6-8-19-4)13(16-15)12-7-9-20-10-12/h7,9-11,13,16H,5-6,8H2,1-4H3. The van der Waals surface area contributed by atoms with Crippen LogP contribution < -0.4 is 5.32 Å². The van der Waals surface area contributed by atoms with Gasteiger partial charge in [0.1, 0.15) is 6.17 Å². The third-order valence-corrected chi connectivity index (χ3v) is 4.92. The Bertz CT molecular complexity index is 449. The van der Waals surface area contributed by atoms with Gasteiger partial charge in [0.25, 0.3) is 0 Å². The summed E-state index contributed by atoms with van der Waals surface area (Å²) >= 11 is 1.66. The zero-order valence-corrected chi connectivity index (χ0v) is 13.5. The SMILES string of the molecule is CCC1(C)NC(c2ccsc2)N(C(C)CCOC)C1=O. The second-order valence-electron chi connectivity index (χ2n) is 5.63. The Kier molecular flexibility index (Phi) is 4.83. The first kappa shape index (κ1) is 15.5. The summed E-state index contributed by atoms with van der Waals surface area (Å²) in [6.45, 7) is 6.82. The van der Waals surface area contributed by atoms with E-state index in [1.165, 1.54) is 5.56 Å². The molecule has 1 aromatic rings. The molecule has 1 saturated heterocycles. The van der Waals surface area contributed by atoms with E-state index < -0.39 is 5.54 Å². The minimum Gasteiger partial charge on any atom is -0.385 e. The molecule has 2 heterocycles. The van der Waals surface area contributed by atoms with Crippen LogP contribution in [0.2, 0.25) is 0 Å². The third kappa shape index (κ3) is 2.75. The van der Waals surface area contributed by atoms with Gasteiger partial charge in [-0.1, -0.05) is 6.92 Å². The molecule has 5 heteroatoms. The molecular formula is C15H24N2O2S. The summed E-state index contributed by atoms with van der Waals surface area (Å²) in [5, 5.41) is 7.69. The van der Waals surface area contributed by atoms with Crippen LogP contribution in [-0.4, -0.2) is 36.1 Å². The summed E-state index contributed by atoms with van der Waals surface area (Å²) in [4.78, 5) is 14.8. The molecule has 1 N–H and O–H groups in total. The van der Waals surface area contributed by atoms with Crippen molar-refractivity contribution in [3.8, 4) is 0 Å². The first-order valence-corrected chi connectivity index (χ1v) is 8.09. The summed E-state index contributed by atoms with van der Waals surface area (Å²) < 4.78 is 5.16. The molecule has 3 unspecified atom stereocenters. The Balaban J connectivity index is 2.26. The molecule has 1 aromatic heterocycles. The van der Waals surface area contributed by atoms with Crippen molar-refractivity contribution in [2.75, 3.05) is 13.7 Å². The molecule has 2 rings (SSSR count). The van der Waals surface area contributed by atoms with Gasteiger partial charge in [0.15, 0.2) is 0 Å². The number of carbonyl (C=O) groups is 1. The molecule has 1 aliphatic heterocycles. The highest BCUT2D eigenvalue weighted by molar-refractivity contribution is 7.07. The second kappa shape index (κ2) is 6.24. The van der Waals surface area contributed by atoms with Gasteiger partial charge in [0.05, 0.1) is 5.54 Å². The van der Waals surface area contributed by atoms with Gasteiger partial charge in [-0.25, -0.2) is 0 Å². The van der Waals surface area contributed by atoms with Crippen LogP contribution in [0.3, 0.4) is 0 Å². The van der Waals surface area contributed by atoms with Gasteiger partial charge in [-0.2, -0.15) is 11.3 Å². The number of hydrogen-bond donors (Lipinski definition) is 1. The molecule has 0 aliphatic carbocycles. The molecular weight excluding hydrogens is 272 g/mol. The van der Waals surface area contributed by atoms with Gasteiger partial charge in [0, 0.05) is 19.8 Å². The number of nitrogens with zero attached hydrogens (tertiary/aromatic N) is 1. The van der Waals surface area contributed by atoms with Gasteiger partial charge in [-0.15, -0.1) is 0 Å². The topological polar surface area (TPSA) is 41.6 Å². The van der Waals surface area contributed by atoms with Gasteiger partial charge in [0.2, 0.25) is 5.91 Å². The number of nitrogens with one attached hydrogen (secondary N) is 1. The van der Waals surface area contributed by atoms with Crippen molar-refractivity contribution in [2.24, 2.45) is 0 Å². The minimum atomic E-state index is -0.464. The van der Waals surface area contributed by atoms with Crippen molar-refractivity contribution < 1.29 is 9.53 Å². The minimum absolute atomic E-state index is 0.0226. The van der Waals surface area contributed by atoms with Gasteiger partial charge in [-0.3, -0.25) is 10.1 Å². The molecule has 3 atom stereocenters. The maximum absolute atomic E-state index is 12.8. The van der Waals surface area contributed by atoms with Crippen molar-refractivity contribution in [1.29, 1.82) is 0 Å². The summed E-state index contributed by atoms with van der Waals surface area (Å²) in [6, 6.07) is 2.25. The van der Waals surface area contributed by atoms with Crippen LogP contribution in [-0.2, 0) is 9.53 Å². The largest absolute Gasteiger partial charge is 0.385 e. The van der Waals surface area contributed by atoms with E-state index in [0.29, 0.717) is 6.61 Å². The molecule has 0 saturated carbocycles. The lowest BCUT2D eigenvalue weighted by molar-refractivity contribution is -0.135. The number of ether oxygens (including phenoxy) is 1. The zero-order valence-electron chi connectivity index (χ0n) is 12.7. The van der Waals surface area contributed by atoms with Gasteiger partial charge >= 0.3 is 0 Å². The number of amides is 1. The van der Waals surface area contributed by atoms with Crippen LogP contribution in [0.15, 0.2) is 16.8 Å². The predicted molar refractivity (Wildman–Crippen MR) is 81.7 cm³/mol. The van der Waals surface area contributed by atoms with E-state index in [1.54, 1.807) is 18.4 Å². The molecule has 0 spiro atoms. The molecule has 0 bridgehead atoms. The first-order chi connectivity index (χ1) is 9.53. The van der Waals surface area contributed by atoms with Crippen LogP contribution in [0.5, 0.6) is 0 Å². The van der Waals surface area contributed by atoms with Crippen molar-refractivity contribution in [3.63, 3.8) is 0 Å². The highest BCUT2D eigenvalue weighted by Crippen LogP contribution is 2.35. The Morgan fingerprint density at radius 1 is 1.60 bits per heavy atom. The number of carbonyl (C=O) groups excluding carboxylic acids is 1. The van der Waals surface area contributed by atoms with E-state index in [4.69, 9.17) is 4.74 Å². The lowest BCUT2D eigenvalue weighted by Gasteiger charge is -2.30. The van der Waals surface area contributed by atoms with E-state index >= 15 is 0 Å². The van der Waals surface area contributed by atoms with Gasteiger partial charge < -0.3 is 9.64 Å². The quantitative estimate of drug-likeness (QED) is 0.877. The van der Waals surface area contributed by atoms with E-state index in [-0.39, 0.29) is 18.1 Å². The number of hydrogen-bond acceptors (Lipinski definition) is 4. The number of methoxy groups -OCH3 is 1. The Hall–Kier alpha value is -0.910. The molecule has 1 fully saturated rings. The van der Waals surface area contributed by atoms with Crippen molar-refractivity contribution >= 4 is 17.2 Å². The Morgan fingerprint density at radius 3 is 2.90 bits per heavy atom. The maximum atomic E-state index is 12.8. The second-order valence-corrected chi connectivity index (χ2v) is 6.41. The van der Waals surface area contributed by atoms with Crippen molar-refractivity contribution in [1.82, 2.24) is 10.2 Å². The average Bonchev–Trinajstić information content (AvgIpc) is 3.05. The van der Waals surface area contributed by atoms with E-state index in [0.717, 1.165) is 12.8 Å². The zero-order chi connectivity index (χ0) is 14.8. The molecule has 1 amide bonds. The lowest BCUT2D eigenvalue weighted by atomic mass is 9.99. The number of rotatable bonds is 6. The molecule has 0 radical (unpaired) electrons. The fourth-order valence-electron chi connectivity index (χ4n) is 2.65.